The number of nitrogens with one attached hydrogen (secondary N) is 1. The number of aromatic nitrogens is 1. The molecule has 0 bridgehead atoms. The SMILES string of the molecule is CCOc1ccccc1C(=O)NCc1ccc(-c2ccoc2)nc1. The van der Waals surface area contributed by atoms with Crippen molar-refractivity contribution in [1.82, 2.24) is 10.3 Å². The molecule has 1 N–H and O–H groups in total. The van der Waals surface area contributed by atoms with Crippen LogP contribution in [0.1, 0.15) is 22.8 Å². The first-order valence-electron chi connectivity index (χ1n) is 7.75. The summed E-state index contributed by atoms with van der Waals surface area (Å²) in [6, 6.07) is 12.9. The number of ether oxygens (including phenoxy) is 1. The molecule has 0 aliphatic carbocycles. The van der Waals surface area contributed by atoms with Crippen LogP contribution in [0.15, 0.2) is 65.6 Å². The molecule has 0 spiro atoms. The highest BCUT2D eigenvalue weighted by Gasteiger charge is 2.11. The molecule has 0 radical (unpaired) electrons. The average molecular weight is 322 g/mol. The van der Waals surface area contributed by atoms with Gasteiger partial charge in [-0.1, -0.05) is 18.2 Å². The highest BCUT2D eigenvalue weighted by atomic mass is 16.5. The molecule has 0 aliphatic rings. The van der Waals surface area contributed by atoms with Gasteiger partial charge in [-0.25, -0.2) is 0 Å². The zero-order valence-corrected chi connectivity index (χ0v) is 13.4. The molecule has 1 amide bonds. The standard InChI is InChI=1S/C19H18N2O3/c1-2-24-18-6-4-3-5-16(18)19(22)21-12-14-7-8-17(20-11-14)15-9-10-23-13-15/h3-11,13H,2,12H2,1H3,(H,21,22). The van der Waals surface area contributed by atoms with Gasteiger partial charge in [-0.2, -0.15) is 0 Å². The highest BCUT2D eigenvalue weighted by molar-refractivity contribution is 5.96. The summed E-state index contributed by atoms with van der Waals surface area (Å²) in [4.78, 5) is 16.7. The summed E-state index contributed by atoms with van der Waals surface area (Å²) in [6.07, 6.45) is 5.01. The first-order valence-corrected chi connectivity index (χ1v) is 7.75. The van der Waals surface area contributed by atoms with Crippen LogP contribution in [-0.2, 0) is 6.54 Å². The second-order valence-corrected chi connectivity index (χ2v) is 5.18. The maximum absolute atomic E-state index is 12.3. The molecule has 1 aromatic carbocycles. The van der Waals surface area contributed by atoms with Crippen molar-refractivity contribution in [2.24, 2.45) is 0 Å². The Morgan fingerprint density at radius 3 is 2.79 bits per heavy atom. The Morgan fingerprint density at radius 2 is 2.08 bits per heavy atom. The van der Waals surface area contributed by atoms with Crippen LogP contribution in [-0.4, -0.2) is 17.5 Å². The maximum Gasteiger partial charge on any atom is 0.255 e. The summed E-state index contributed by atoms with van der Waals surface area (Å²) in [7, 11) is 0. The number of carbonyl (C=O) groups is 1. The van der Waals surface area contributed by atoms with E-state index in [-0.39, 0.29) is 5.91 Å². The second kappa shape index (κ2) is 7.46. The van der Waals surface area contributed by atoms with Gasteiger partial charge in [-0.15, -0.1) is 0 Å². The largest absolute Gasteiger partial charge is 0.493 e. The third-order valence-electron chi connectivity index (χ3n) is 3.53. The van der Waals surface area contributed by atoms with Gasteiger partial charge in [0.1, 0.15) is 5.75 Å². The lowest BCUT2D eigenvalue weighted by Crippen LogP contribution is -2.23. The van der Waals surface area contributed by atoms with E-state index in [1.165, 1.54) is 0 Å². The average Bonchev–Trinajstić information content (AvgIpc) is 3.15. The van der Waals surface area contributed by atoms with E-state index in [2.05, 4.69) is 10.3 Å². The first-order chi connectivity index (χ1) is 11.8. The summed E-state index contributed by atoms with van der Waals surface area (Å²) in [5.74, 6) is 0.420. The lowest BCUT2D eigenvalue weighted by Gasteiger charge is -2.10. The summed E-state index contributed by atoms with van der Waals surface area (Å²) in [5, 5.41) is 2.89. The predicted molar refractivity (Wildman–Crippen MR) is 90.7 cm³/mol. The maximum atomic E-state index is 12.3. The molecule has 5 nitrogen and oxygen atoms in total. The number of amides is 1. The van der Waals surface area contributed by atoms with Gasteiger partial charge in [0.05, 0.1) is 30.4 Å². The van der Waals surface area contributed by atoms with Crippen LogP contribution < -0.4 is 10.1 Å². The van der Waals surface area contributed by atoms with Gasteiger partial charge in [0, 0.05) is 18.3 Å². The van der Waals surface area contributed by atoms with Crippen molar-refractivity contribution in [3.8, 4) is 17.0 Å². The molecule has 0 fully saturated rings. The highest BCUT2D eigenvalue weighted by Crippen LogP contribution is 2.19. The number of pyridine rings is 1. The van der Waals surface area contributed by atoms with Crippen LogP contribution in [0.25, 0.3) is 11.3 Å². The molecule has 2 heterocycles. The van der Waals surface area contributed by atoms with Gasteiger partial charge in [0.25, 0.3) is 5.91 Å². The van der Waals surface area contributed by atoms with Gasteiger partial charge in [0.15, 0.2) is 0 Å². The summed E-state index contributed by atoms with van der Waals surface area (Å²) in [6.45, 7) is 2.81. The monoisotopic (exact) mass is 322 g/mol. The van der Waals surface area contributed by atoms with Crippen molar-refractivity contribution in [2.75, 3.05) is 6.61 Å². The molecule has 0 aliphatic heterocycles. The van der Waals surface area contributed by atoms with Crippen molar-refractivity contribution >= 4 is 5.91 Å². The Bertz CT molecular complexity index is 796. The minimum atomic E-state index is -0.169. The number of rotatable bonds is 6. The number of para-hydroxylation sites is 1. The van der Waals surface area contributed by atoms with Crippen LogP contribution >= 0.6 is 0 Å². The van der Waals surface area contributed by atoms with E-state index in [0.717, 1.165) is 16.8 Å². The summed E-state index contributed by atoms with van der Waals surface area (Å²) in [5.41, 5.74) is 3.21. The number of furan rings is 1. The molecule has 122 valence electrons. The fraction of sp³-hybridized carbons (Fsp3) is 0.158. The van der Waals surface area contributed by atoms with Crippen molar-refractivity contribution in [2.45, 2.75) is 13.5 Å². The first kappa shape index (κ1) is 15.8. The van der Waals surface area contributed by atoms with E-state index in [1.807, 2.05) is 37.3 Å². The Morgan fingerprint density at radius 1 is 1.21 bits per heavy atom. The summed E-state index contributed by atoms with van der Waals surface area (Å²) < 4.78 is 10.5. The molecule has 0 saturated heterocycles. The van der Waals surface area contributed by atoms with Crippen molar-refractivity contribution < 1.29 is 13.9 Å². The molecule has 2 aromatic heterocycles. The van der Waals surface area contributed by atoms with Gasteiger partial charge in [-0.3, -0.25) is 9.78 Å². The van der Waals surface area contributed by atoms with Crippen molar-refractivity contribution in [3.05, 3.63) is 72.3 Å². The number of hydrogen-bond acceptors (Lipinski definition) is 4. The molecule has 3 aromatic rings. The van der Waals surface area contributed by atoms with Gasteiger partial charge in [0.2, 0.25) is 0 Å². The van der Waals surface area contributed by atoms with Crippen LogP contribution in [0.2, 0.25) is 0 Å². The molecule has 5 heteroatoms. The number of benzene rings is 1. The Balaban J connectivity index is 1.64. The normalized spacial score (nSPS) is 10.4. The minimum absolute atomic E-state index is 0.169. The van der Waals surface area contributed by atoms with Crippen molar-refractivity contribution in [1.29, 1.82) is 0 Å². The van der Waals surface area contributed by atoms with E-state index >= 15 is 0 Å². The molecule has 0 unspecified atom stereocenters. The topological polar surface area (TPSA) is 64.4 Å². The van der Waals surface area contributed by atoms with E-state index in [1.54, 1.807) is 30.9 Å². The third-order valence-corrected chi connectivity index (χ3v) is 3.53. The molecular formula is C19H18N2O3. The van der Waals surface area contributed by atoms with Crippen LogP contribution in [0, 0.1) is 0 Å². The van der Waals surface area contributed by atoms with Crippen molar-refractivity contribution in [3.63, 3.8) is 0 Å². The van der Waals surface area contributed by atoms with Gasteiger partial charge < -0.3 is 14.5 Å². The minimum Gasteiger partial charge on any atom is -0.493 e. The Labute approximate surface area is 140 Å². The van der Waals surface area contributed by atoms with E-state index < -0.39 is 0 Å². The molecule has 24 heavy (non-hydrogen) atoms. The fourth-order valence-electron chi connectivity index (χ4n) is 2.32. The molecule has 0 saturated carbocycles. The van der Waals surface area contributed by atoms with E-state index in [9.17, 15) is 4.79 Å². The fourth-order valence-corrected chi connectivity index (χ4v) is 2.32. The third kappa shape index (κ3) is 3.63. The Kier molecular flexibility index (Phi) is 4.91. The van der Waals surface area contributed by atoms with Crippen LogP contribution in [0.5, 0.6) is 5.75 Å². The Hall–Kier alpha value is -3.08. The van der Waals surface area contributed by atoms with Gasteiger partial charge >= 0.3 is 0 Å². The molecule has 3 rings (SSSR count). The quantitative estimate of drug-likeness (QED) is 0.752. The number of hydrogen-bond donors (Lipinski definition) is 1. The summed E-state index contributed by atoms with van der Waals surface area (Å²) >= 11 is 0. The predicted octanol–water partition coefficient (Wildman–Crippen LogP) is 3.67. The zero-order valence-electron chi connectivity index (χ0n) is 13.4. The van der Waals surface area contributed by atoms with E-state index in [4.69, 9.17) is 9.15 Å². The lowest BCUT2D eigenvalue weighted by atomic mass is 10.1. The molecular weight excluding hydrogens is 304 g/mol. The van der Waals surface area contributed by atoms with Crippen LogP contribution in [0.4, 0.5) is 0 Å². The number of carbonyl (C=O) groups excluding carboxylic acids is 1. The van der Waals surface area contributed by atoms with Gasteiger partial charge in [-0.05, 0) is 36.8 Å². The lowest BCUT2D eigenvalue weighted by molar-refractivity contribution is 0.0947. The smallest absolute Gasteiger partial charge is 0.255 e. The zero-order chi connectivity index (χ0) is 16.8. The van der Waals surface area contributed by atoms with E-state index in [0.29, 0.717) is 24.5 Å². The number of nitrogens with zero attached hydrogens (tertiary/aromatic N) is 1. The van der Waals surface area contributed by atoms with Crippen LogP contribution in [0.3, 0.4) is 0 Å². The second-order valence-electron chi connectivity index (χ2n) is 5.18. The molecule has 0 atom stereocenters.